The zero-order valence-corrected chi connectivity index (χ0v) is 10.2. The van der Waals surface area contributed by atoms with E-state index in [1.54, 1.807) is 0 Å². The predicted octanol–water partition coefficient (Wildman–Crippen LogP) is 2.89. The SMILES string of the molecule is CC(C)Nc1ccc(N2CCCCC2)nc1. The van der Waals surface area contributed by atoms with E-state index in [4.69, 9.17) is 0 Å². The van der Waals surface area contributed by atoms with Crippen molar-refractivity contribution in [1.82, 2.24) is 4.98 Å². The summed E-state index contributed by atoms with van der Waals surface area (Å²) in [4.78, 5) is 6.90. The van der Waals surface area contributed by atoms with Crippen LogP contribution >= 0.6 is 0 Å². The lowest BCUT2D eigenvalue weighted by Gasteiger charge is -2.27. The van der Waals surface area contributed by atoms with Gasteiger partial charge in [0.1, 0.15) is 5.82 Å². The van der Waals surface area contributed by atoms with Crippen LogP contribution in [0.5, 0.6) is 0 Å². The lowest BCUT2D eigenvalue weighted by molar-refractivity contribution is 0.573. The minimum Gasteiger partial charge on any atom is -0.382 e. The van der Waals surface area contributed by atoms with Gasteiger partial charge in [-0.15, -0.1) is 0 Å². The summed E-state index contributed by atoms with van der Waals surface area (Å²) in [5.74, 6) is 1.12. The second-order valence-corrected chi connectivity index (χ2v) is 4.75. The first-order valence-corrected chi connectivity index (χ1v) is 6.23. The highest BCUT2D eigenvalue weighted by Crippen LogP contribution is 2.19. The quantitative estimate of drug-likeness (QED) is 0.847. The van der Waals surface area contributed by atoms with Crippen molar-refractivity contribution in [3.63, 3.8) is 0 Å². The fourth-order valence-electron chi connectivity index (χ4n) is 2.11. The van der Waals surface area contributed by atoms with Crippen LogP contribution in [-0.4, -0.2) is 24.1 Å². The van der Waals surface area contributed by atoms with Gasteiger partial charge in [0.05, 0.1) is 11.9 Å². The molecule has 0 bridgehead atoms. The molecule has 0 atom stereocenters. The van der Waals surface area contributed by atoms with E-state index in [0.29, 0.717) is 6.04 Å². The number of nitrogens with zero attached hydrogens (tertiary/aromatic N) is 2. The van der Waals surface area contributed by atoms with E-state index < -0.39 is 0 Å². The van der Waals surface area contributed by atoms with Gasteiger partial charge in [0, 0.05) is 19.1 Å². The first kappa shape index (κ1) is 11.2. The third-order valence-electron chi connectivity index (χ3n) is 2.88. The van der Waals surface area contributed by atoms with Gasteiger partial charge in [0.15, 0.2) is 0 Å². The normalized spacial score (nSPS) is 16.6. The summed E-state index contributed by atoms with van der Waals surface area (Å²) >= 11 is 0. The Morgan fingerprint density at radius 3 is 2.50 bits per heavy atom. The van der Waals surface area contributed by atoms with Crippen LogP contribution in [0.4, 0.5) is 11.5 Å². The van der Waals surface area contributed by atoms with E-state index >= 15 is 0 Å². The highest BCUT2D eigenvalue weighted by molar-refractivity contribution is 5.49. The number of hydrogen-bond donors (Lipinski definition) is 1. The van der Waals surface area contributed by atoms with Gasteiger partial charge in [0.25, 0.3) is 0 Å². The van der Waals surface area contributed by atoms with Gasteiger partial charge in [-0.1, -0.05) is 0 Å². The van der Waals surface area contributed by atoms with Crippen molar-refractivity contribution < 1.29 is 0 Å². The molecule has 1 saturated heterocycles. The molecule has 3 heteroatoms. The summed E-state index contributed by atoms with van der Waals surface area (Å²) in [6.07, 6.45) is 5.90. The molecule has 0 saturated carbocycles. The molecule has 0 radical (unpaired) electrons. The molecule has 2 heterocycles. The van der Waals surface area contributed by atoms with E-state index in [0.717, 1.165) is 24.6 Å². The average molecular weight is 219 g/mol. The molecular formula is C13H21N3. The Labute approximate surface area is 97.9 Å². The second kappa shape index (κ2) is 5.19. The smallest absolute Gasteiger partial charge is 0.128 e. The van der Waals surface area contributed by atoms with Crippen LogP contribution in [0.2, 0.25) is 0 Å². The fourth-order valence-corrected chi connectivity index (χ4v) is 2.11. The van der Waals surface area contributed by atoms with Crippen LogP contribution in [0.1, 0.15) is 33.1 Å². The number of rotatable bonds is 3. The van der Waals surface area contributed by atoms with Crippen LogP contribution in [0, 0.1) is 0 Å². The molecule has 1 fully saturated rings. The number of anilines is 2. The maximum absolute atomic E-state index is 4.52. The van der Waals surface area contributed by atoms with Crippen molar-refractivity contribution in [3.8, 4) is 0 Å². The Kier molecular flexibility index (Phi) is 3.65. The van der Waals surface area contributed by atoms with E-state index in [2.05, 4.69) is 41.2 Å². The van der Waals surface area contributed by atoms with Crippen LogP contribution in [0.25, 0.3) is 0 Å². The van der Waals surface area contributed by atoms with Crippen molar-refractivity contribution in [1.29, 1.82) is 0 Å². The molecule has 1 aromatic rings. The molecule has 1 aliphatic heterocycles. The van der Waals surface area contributed by atoms with E-state index in [1.165, 1.54) is 19.3 Å². The Balaban J connectivity index is 2.00. The molecule has 1 N–H and O–H groups in total. The number of piperidine rings is 1. The molecule has 3 nitrogen and oxygen atoms in total. The van der Waals surface area contributed by atoms with Gasteiger partial charge in [-0.05, 0) is 45.2 Å². The highest BCUT2D eigenvalue weighted by Gasteiger charge is 2.11. The molecule has 2 rings (SSSR count). The molecule has 0 aromatic carbocycles. The van der Waals surface area contributed by atoms with Gasteiger partial charge in [0.2, 0.25) is 0 Å². The van der Waals surface area contributed by atoms with Crippen molar-refractivity contribution >= 4 is 11.5 Å². The third kappa shape index (κ3) is 2.87. The Morgan fingerprint density at radius 2 is 1.94 bits per heavy atom. The Bertz CT molecular complexity index is 312. The minimum atomic E-state index is 0.461. The molecular weight excluding hydrogens is 198 g/mol. The zero-order valence-electron chi connectivity index (χ0n) is 10.2. The number of hydrogen-bond acceptors (Lipinski definition) is 3. The van der Waals surface area contributed by atoms with Crippen molar-refractivity contribution in [2.24, 2.45) is 0 Å². The van der Waals surface area contributed by atoms with Gasteiger partial charge < -0.3 is 10.2 Å². The van der Waals surface area contributed by atoms with Gasteiger partial charge in [-0.2, -0.15) is 0 Å². The first-order chi connectivity index (χ1) is 7.75. The third-order valence-corrected chi connectivity index (χ3v) is 2.88. The van der Waals surface area contributed by atoms with Crippen LogP contribution in [-0.2, 0) is 0 Å². The van der Waals surface area contributed by atoms with Crippen LogP contribution in [0.15, 0.2) is 18.3 Å². The monoisotopic (exact) mass is 219 g/mol. The second-order valence-electron chi connectivity index (χ2n) is 4.75. The fraction of sp³-hybridized carbons (Fsp3) is 0.615. The number of pyridine rings is 1. The number of nitrogens with one attached hydrogen (secondary N) is 1. The summed E-state index contributed by atoms with van der Waals surface area (Å²) in [6.45, 7) is 6.59. The van der Waals surface area contributed by atoms with Crippen molar-refractivity contribution in [2.45, 2.75) is 39.2 Å². The van der Waals surface area contributed by atoms with Crippen molar-refractivity contribution in [2.75, 3.05) is 23.3 Å². The summed E-state index contributed by atoms with van der Waals surface area (Å²) in [6, 6.07) is 4.70. The number of aromatic nitrogens is 1. The molecule has 0 unspecified atom stereocenters. The molecule has 0 amide bonds. The Hall–Kier alpha value is -1.25. The van der Waals surface area contributed by atoms with Gasteiger partial charge >= 0.3 is 0 Å². The summed E-state index contributed by atoms with van der Waals surface area (Å²) in [7, 11) is 0. The molecule has 0 spiro atoms. The lowest BCUT2D eigenvalue weighted by Crippen LogP contribution is -2.30. The van der Waals surface area contributed by atoms with Crippen molar-refractivity contribution in [3.05, 3.63) is 18.3 Å². The molecule has 1 aliphatic rings. The maximum Gasteiger partial charge on any atom is 0.128 e. The van der Waals surface area contributed by atoms with Gasteiger partial charge in [-0.3, -0.25) is 0 Å². The maximum atomic E-state index is 4.52. The van der Waals surface area contributed by atoms with E-state index in [9.17, 15) is 0 Å². The molecule has 88 valence electrons. The molecule has 0 aliphatic carbocycles. The Morgan fingerprint density at radius 1 is 1.19 bits per heavy atom. The summed E-state index contributed by atoms with van der Waals surface area (Å²) in [5, 5.41) is 3.35. The zero-order chi connectivity index (χ0) is 11.4. The van der Waals surface area contributed by atoms with E-state index in [-0.39, 0.29) is 0 Å². The largest absolute Gasteiger partial charge is 0.382 e. The lowest BCUT2D eigenvalue weighted by atomic mass is 10.1. The standard InChI is InChI=1S/C13H21N3/c1-11(2)15-12-6-7-13(14-10-12)16-8-4-3-5-9-16/h6-7,10-11,15H,3-5,8-9H2,1-2H3. The van der Waals surface area contributed by atoms with E-state index in [1.807, 2.05) is 6.20 Å². The highest BCUT2D eigenvalue weighted by atomic mass is 15.2. The topological polar surface area (TPSA) is 28.2 Å². The average Bonchev–Trinajstić information content (AvgIpc) is 2.30. The van der Waals surface area contributed by atoms with Crippen LogP contribution < -0.4 is 10.2 Å². The molecule has 1 aromatic heterocycles. The predicted molar refractivity (Wildman–Crippen MR) is 69.1 cm³/mol. The summed E-state index contributed by atoms with van der Waals surface area (Å²) in [5.41, 5.74) is 1.11. The molecule has 16 heavy (non-hydrogen) atoms. The minimum absolute atomic E-state index is 0.461. The van der Waals surface area contributed by atoms with Crippen LogP contribution in [0.3, 0.4) is 0 Å². The van der Waals surface area contributed by atoms with Gasteiger partial charge in [-0.25, -0.2) is 4.98 Å². The first-order valence-electron chi connectivity index (χ1n) is 6.23. The summed E-state index contributed by atoms with van der Waals surface area (Å²) < 4.78 is 0.